The largest absolute Gasteiger partial charge is 0.326 e. The Bertz CT molecular complexity index is 864. The predicted octanol–water partition coefficient (Wildman–Crippen LogP) is 2.94. The van der Waals surface area contributed by atoms with Gasteiger partial charge in [-0.1, -0.05) is 23.5 Å². The molecule has 1 N–H and O–H groups in total. The van der Waals surface area contributed by atoms with Gasteiger partial charge in [0.2, 0.25) is 10.9 Å². The van der Waals surface area contributed by atoms with Gasteiger partial charge < -0.3 is 5.32 Å². The van der Waals surface area contributed by atoms with Crippen LogP contribution in [0, 0.1) is 6.92 Å². The van der Waals surface area contributed by atoms with E-state index in [-0.39, 0.29) is 5.91 Å². The molecule has 3 aromatic rings. The summed E-state index contributed by atoms with van der Waals surface area (Å²) in [5.41, 5.74) is 1.97. The highest BCUT2D eigenvalue weighted by atomic mass is 32.1. The molecule has 0 radical (unpaired) electrons. The van der Waals surface area contributed by atoms with Crippen LogP contribution in [0.25, 0.3) is 4.96 Å². The molecule has 1 aliphatic rings. The predicted molar refractivity (Wildman–Crippen MR) is 88.8 cm³/mol. The highest BCUT2D eigenvalue weighted by Crippen LogP contribution is 2.39. The van der Waals surface area contributed by atoms with Crippen LogP contribution in [0.4, 0.5) is 5.69 Å². The molecular formula is C16H17N5OS. The normalized spacial score (nSPS) is 14.3. The zero-order chi connectivity index (χ0) is 15.8. The minimum atomic E-state index is 0.00369. The van der Waals surface area contributed by atoms with Crippen molar-refractivity contribution in [1.29, 1.82) is 0 Å². The molecular weight excluding hydrogens is 310 g/mol. The zero-order valence-electron chi connectivity index (χ0n) is 12.8. The average molecular weight is 327 g/mol. The summed E-state index contributed by atoms with van der Waals surface area (Å²) < 4.78 is 1.84. The lowest BCUT2D eigenvalue weighted by atomic mass is 10.2. The Morgan fingerprint density at radius 2 is 2.26 bits per heavy atom. The molecule has 0 bridgehead atoms. The molecule has 23 heavy (non-hydrogen) atoms. The summed E-state index contributed by atoms with van der Waals surface area (Å²) in [4.78, 5) is 12.9. The van der Waals surface area contributed by atoms with Crippen molar-refractivity contribution in [2.24, 2.45) is 0 Å². The molecule has 4 rings (SSSR count). The maximum Gasteiger partial charge on any atom is 0.234 e. The maximum absolute atomic E-state index is 12.1. The van der Waals surface area contributed by atoms with Gasteiger partial charge in [-0.3, -0.25) is 4.79 Å². The van der Waals surface area contributed by atoms with E-state index in [1.807, 2.05) is 35.7 Å². The van der Waals surface area contributed by atoms with Gasteiger partial charge in [0.05, 0.1) is 0 Å². The summed E-state index contributed by atoms with van der Waals surface area (Å²) in [6.45, 7) is 2.01. The highest BCUT2D eigenvalue weighted by Gasteiger charge is 2.30. The van der Waals surface area contributed by atoms with Gasteiger partial charge in [0, 0.05) is 24.4 Å². The van der Waals surface area contributed by atoms with E-state index in [9.17, 15) is 4.79 Å². The molecule has 0 spiro atoms. The zero-order valence-corrected chi connectivity index (χ0v) is 13.6. The van der Waals surface area contributed by atoms with Gasteiger partial charge in [-0.2, -0.15) is 9.61 Å². The van der Waals surface area contributed by atoms with E-state index < -0.39 is 0 Å². The Hall–Kier alpha value is -2.28. The Kier molecular flexibility index (Phi) is 3.57. The smallest absolute Gasteiger partial charge is 0.234 e. The first kappa shape index (κ1) is 14.3. The number of aromatic nitrogens is 4. The van der Waals surface area contributed by atoms with Crippen LogP contribution in [0.1, 0.15) is 41.6 Å². The Labute approximate surface area is 137 Å². The van der Waals surface area contributed by atoms with Crippen molar-refractivity contribution < 1.29 is 4.79 Å². The highest BCUT2D eigenvalue weighted by molar-refractivity contribution is 7.16. The summed E-state index contributed by atoms with van der Waals surface area (Å²) in [7, 11) is 0. The molecule has 7 heteroatoms. The van der Waals surface area contributed by atoms with Gasteiger partial charge >= 0.3 is 0 Å². The molecule has 2 aromatic heterocycles. The molecule has 1 fully saturated rings. The molecule has 0 atom stereocenters. The molecule has 1 amide bonds. The van der Waals surface area contributed by atoms with E-state index in [2.05, 4.69) is 20.6 Å². The molecule has 0 unspecified atom stereocenters. The Balaban J connectivity index is 1.39. The van der Waals surface area contributed by atoms with E-state index in [4.69, 9.17) is 0 Å². The third-order valence-electron chi connectivity index (χ3n) is 3.87. The van der Waals surface area contributed by atoms with Crippen molar-refractivity contribution in [3.05, 3.63) is 40.7 Å². The van der Waals surface area contributed by atoms with Crippen LogP contribution in [0.2, 0.25) is 0 Å². The fourth-order valence-corrected chi connectivity index (χ4v) is 3.38. The number of fused-ring (bicyclic) bond motifs is 1. The van der Waals surface area contributed by atoms with Crippen molar-refractivity contribution in [2.75, 3.05) is 5.32 Å². The van der Waals surface area contributed by atoms with E-state index >= 15 is 0 Å². The van der Waals surface area contributed by atoms with Gasteiger partial charge in [-0.05, 0) is 37.5 Å². The first-order valence-electron chi connectivity index (χ1n) is 7.76. The first-order chi connectivity index (χ1) is 11.2. The van der Waals surface area contributed by atoms with Crippen LogP contribution in [0.5, 0.6) is 0 Å². The summed E-state index contributed by atoms with van der Waals surface area (Å²) in [6.07, 6.45) is 3.38. The SMILES string of the molecule is Cc1cccc(NC(=O)CCc2nn3c(C4CC4)nnc3s2)c1. The first-order valence-corrected chi connectivity index (χ1v) is 8.58. The molecule has 0 aliphatic heterocycles. The second-order valence-electron chi connectivity index (χ2n) is 5.94. The van der Waals surface area contributed by atoms with Crippen LogP contribution in [-0.4, -0.2) is 25.7 Å². The second-order valence-corrected chi connectivity index (χ2v) is 6.98. The summed E-state index contributed by atoms with van der Waals surface area (Å²) in [5, 5.41) is 16.8. The number of carbonyl (C=O) groups is 1. The number of carbonyl (C=O) groups excluding carboxylic acids is 1. The van der Waals surface area contributed by atoms with Gasteiger partial charge in [-0.15, -0.1) is 10.2 Å². The standard InChI is InChI=1S/C16H17N5OS/c1-10-3-2-4-12(9-10)17-13(22)7-8-14-20-21-15(11-5-6-11)18-19-16(21)23-14/h2-4,9,11H,5-8H2,1H3,(H,17,22). The van der Waals surface area contributed by atoms with Gasteiger partial charge in [0.25, 0.3) is 0 Å². The molecule has 1 aromatic carbocycles. The van der Waals surface area contributed by atoms with E-state index in [1.165, 1.54) is 24.2 Å². The lowest BCUT2D eigenvalue weighted by molar-refractivity contribution is -0.116. The summed E-state index contributed by atoms with van der Waals surface area (Å²) in [5.74, 6) is 1.49. The maximum atomic E-state index is 12.1. The van der Waals surface area contributed by atoms with Crippen LogP contribution < -0.4 is 5.32 Å². The molecule has 2 heterocycles. The molecule has 0 saturated heterocycles. The molecule has 1 aliphatic carbocycles. The van der Waals surface area contributed by atoms with Crippen molar-refractivity contribution in [3.63, 3.8) is 0 Å². The van der Waals surface area contributed by atoms with E-state index in [0.29, 0.717) is 18.8 Å². The summed E-state index contributed by atoms with van der Waals surface area (Å²) >= 11 is 1.51. The van der Waals surface area contributed by atoms with Gasteiger partial charge in [0.1, 0.15) is 5.01 Å². The number of hydrogen-bond donors (Lipinski definition) is 1. The Morgan fingerprint density at radius 3 is 3.04 bits per heavy atom. The van der Waals surface area contributed by atoms with E-state index in [1.54, 1.807) is 0 Å². The number of benzene rings is 1. The minimum Gasteiger partial charge on any atom is -0.326 e. The second kappa shape index (κ2) is 5.73. The quantitative estimate of drug-likeness (QED) is 0.782. The van der Waals surface area contributed by atoms with Crippen LogP contribution in [0.15, 0.2) is 24.3 Å². The number of nitrogens with zero attached hydrogens (tertiary/aromatic N) is 4. The third-order valence-corrected chi connectivity index (χ3v) is 4.83. The van der Waals surface area contributed by atoms with Crippen molar-refractivity contribution in [3.8, 4) is 0 Å². The van der Waals surface area contributed by atoms with E-state index in [0.717, 1.165) is 27.0 Å². The lowest BCUT2D eigenvalue weighted by Crippen LogP contribution is -2.12. The summed E-state index contributed by atoms with van der Waals surface area (Å²) in [6, 6.07) is 7.80. The van der Waals surface area contributed by atoms with Gasteiger partial charge in [0.15, 0.2) is 5.82 Å². The molecule has 6 nitrogen and oxygen atoms in total. The third kappa shape index (κ3) is 3.10. The number of anilines is 1. The Morgan fingerprint density at radius 1 is 1.39 bits per heavy atom. The van der Waals surface area contributed by atoms with Crippen molar-refractivity contribution in [1.82, 2.24) is 19.8 Å². The van der Waals surface area contributed by atoms with Crippen molar-refractivity contribution >= 4 is 27.9 Å². The number of amides is 1. The molecule has 118 valence electrons. The van der Waals surface area contributed by atoms with Crippen LogP contribution >= 0.6 is 11.3 Å². The monoisotopic (exact) mass is 327 g/mol. The molecule has 1 saturated carbocycles. The number of hydrogen-bond acceptors (Lipinski definition) is 5. The van der Waals surface area contributed by atoms with Crippen LogP contribution in [-0.2, 0) is 11.2 Å². The number of nitrogens with one attached hydrogen (secondary N) is 1. The average Bonchev–Trinajstić information content (AvgIpc) is 3.15. The fourth-order valence-electron chi connectivity index (χ4n) is 2.54. The fraction of sp³-hybridized carbons (Fsp3) is 0.375. The van der Waals surface area contributed by atoms with Gasteiger partial charge in [-0.25, -0.2) is 0 Å². The minimum absolute atomic E-state index is 0.00369. The topological polar surface area (TPSA) is 72.2 Å². The number of rotatable bonds is 5. The number of aryl methyl sites for hydroxylation is 2. The lowest BCUT2D eigenvalue weighted by Gasteiger charge is -2.04. The van der Waals surface area contributed by atoms with Crippen LogP contribution in [0.3, 0.4) is 0 Å². The van der Waals surface area contributed by atoms with Crippen molar-refractivity contribution in [2.45, 2.75) is 38.5 Å².